The van der Waals surface area contributed by atoms with Gasteiger partial charge in [-0.15, -0.1) is 0 Å². The van der Waals surface area contributed by atoms with Gasteiger partial charge in [-0.1, -0.05) is 30.3 Å². The van der Waals surface area contributed by atoms with Gasteiger partial charge in [-0.2, -0.15) is 0 Å². The van der Waals surface area contributed by atoms with E-state index >= 15 is 0 Å². The van der Waals surface area contributed by atoms with E-state index in [-0.39, 0.29) is 0 Å². The first-order valence-corrected chi connectivity index (χ1v) is 4.53. The lowest BCUT2D eigenvalue weighted by molar-refractivity contribution is 0.607. The highest BCUT2D eigenvalue weighted by molar-refractivity contribution is 7.97. The number of rotatable bonds is 1. The lowest BCUT2D eigenvalue weighted by atomic mass is 10.2. The van der Waals surface area contributed by atoms with E-state index in [1.54, 1.807) is 0 Å². The third-order valence-electron chi connectivity index (χ3n) is 1.58. The average Bonchev–Trinajstić information content (AvgIpc) is 2.21. The SMILES string of the molecule is C1=CSOC(c2ccccc2)=C1. The zero-order chi connectivity index (χ0) is 8.23. The molecule has 0 unspecified atom stereocenters. The van der Waals surface area contributed by atoms with Crippen LogP contribution in [0.1, 0.15) is 5.56 Å². The quantitative estimate of drug-likeness (QED) is 0.607. The lowest BCUT2D eigenvalue weighted by Crippen LogP contribution is -1.86. The first-order chi connectivity index (χ1) is 5.97. The summed E-state index contributed by atoms with van der Waals surface area (Å²) in [4.78, 5) is 0. The molecule has 1 aromatic rings. The fourth-order valence-corrected chi connectivity index (χ4v) is 1.47. The summed E-state index contributed by atoms with van der Waals surface area (Å²) in [5.41, 5.74) is 1.12. The Bertz CT molecular complexity index is 314. The van der Waals surface area contributed by atoms with Crippen LogP contribution in [0.4, 0.5) is 0 Å². The van der Waals surface area contributed by atoms with E-state index in [9.17, 15) is 0 Å². The third-order valence-corrected chi connectivity index (χ3v) is 2.12. The van der Waals surface area contributed by atoms with Gasteiger partial charge in [0, 0.05) is 11.0 Å². The van der Waals surface area contributed by atoms with Crippen molar-refractivity contribution in [2.75, 3.05) is 0 Å². The van der Waals surface area contributed by atoms with Crippen molar-refractivity contribution in [3.8, 4) is 0 Å². The molecular weight excluding hydrogens is 168 g/mol. The number of hydrogen-bond donors (Lipinski definition) is 0. The van der Waals surface area contributed by atoms with Crippen molar-refractivity contribution >= 4 is 17.8 Å². The van der Waals surface area contributed by atoms with Crippen molar-refractivity contribution in [1.82, 2.24) is 0 Å². The summed E-state index contributed by atoms with van der Waals surface area (Å²) >= 11 is 1.35. The van der Waals surface area contributed by atoms with Crippen molar-refractivity contribution in [1.29, 1.82) is 0 Å². The van der Waals surface area contributed by atoms with Crippen LogP contribution in [-0.4, -0.2) is 0 Å². The molecule has 1 aromatic carbocycles. The molecule has 60 valence electrons. The van der Waals surface area contributed by atoms with Crippen molar-refractivity contribution in [2.45, 2.75) is 0 Å². The Morgan fingerprint density at radius 1 is 1.08 bits per heavy atom. The summed E-state index contributed by atoms with van der Waals surface area (Å²) in [6, 6.07) is 10.1. The topological polar surface area (TPSA) is 9.23 Å². The molecule has 2 heteroatoms. The van der Waals surface area contributed by atoms with Crippen LogP contribution in [0.3, 0.4) is 0 Å². The molecule has 0 spiro atoms. The molecule has 12 heavy (non-hydrogen) atoms. The molecule has 0 aliphatic carbocycles. The smallest absolute Gasteiger partial charge is 0.145 e. The van der Waals surface area contributed by atoms with Crippen LogP contribution in [0.25, 0.3) is 5.76 Å². The maximum absolute atomic E-state index is 5.35. The molecule has 0 aromatic heterocycles. The van der Waals surface area contributed by atoms with E-state index in [4.69, 9.17) is 4.18 Å². The van der Waals surface area contributed by atoms with Crippen molar-refractivity contribution < 1.29 is 4.18 Å². The summed E-state index contributed by atoms with van der Waals surface area (Å²) in [6.07, 6.45) is 3.95. The normalized spacial score (nSPS) is 15.2. The van der Waals surface area contributed by atoms with Gasteiger partial charge in [0.25, 0.3) is 0 Å². The van der Waals surface area contributed by atoms with Crippen LogP contribution in [0.5, 0.6) is 0 Å². The fraction of sp³-hybridized carbons (Fsp3) is 0. The molecule has 0 saturated heterocycles. The Morgan fingerprint density at radius 2 is 1.92 bits per heavy atom. The predicted octanol–water partition coefficient (Wildman–Crippen LogP) is 3.22. The molecule has 0 bridgehead atoms. The van der Waals surface area contributed by atoms with Gasteiger partial charge in [0.1, 0.15) is 5.76 Å². The van der Waals surface area contributed by atoms with Gasteiger partial charge < -0.3 is 4.18 Å². The highest BCUT2D eigenvalue weighted by Gasteiger charge is 2.02. The first kappa shape index (κ1) is 7.50. The van der Waals surface area contributed by atoms with Crippen molar-refractivity contribution in [2.24, 2.45) is 0 Å². The van der Waals surface area contributed by atoms with Crippen LogP contribution in [0.2, 0.25) is 0 Å². The highest BCUT2D eigenvalue weighted by atomic mass is 32.2. The summed E-state index contributed by atoms with van der Waals surface area (Å²) in [5.74, 6) is 0.920. The van der Waals surface area contributed by atoms with E-state index in [0.717, 1.165) is 11.3 Å². The second-order valence-corrected chi connectivity index (χ2v) is 3.04. The molecular formula is C10H8OS. The molecule has 0 atom stereocenters. The van der Waals surface area contributed by atoms with E-state index in [2.05, 4.69) is 0 Å². The standard InChI is InChI=1S/C10H8OS/c1-2-5-9(6-3-1)10-7-4-8-12-11-10/h1-8H. The van der Waals surface area contributed by atoms with Crippen LogP contribution in [-0.2, 0) is 4.18 Å². The maximum Gasteiger partial charge on any atom is 0.145 e. The van der Waals surface area contributed by atoms with Crippen molar-refractivity contribution in [3.05, 3.63) is 53.5 Å². The first-order valence-electron chi connectivity index (χ1n) is 3.72. The van der Waals surface area contributed by atoms with Crippen LogP contribution in [0.15, 0.2) is 47.9 Å². The monoisotopic (exact) mass is 176 g/mol. The minimum Gasteiger partial charge on any atom is -0.421 e. The lowest BCUT2D eigenvalue weighted by Gasteiger charge is -2.08. The largest absolute Gasteiger partial charge is 0.421 e. The molecule has 1 aliphatic heterocycles. The molecule has 0 saturated carbocycles. The Balaban J connectivity index is 2.31. The Labute approximate surface area is 76.0 Å². The van der Waals surface area contributed by atoms with Crippen molar-refractivity contribution in [3.63, 3.8) is 0 Å². The average molecular weight is 176 g/mol. The predicted molar refractivity (Wildman–Crippen MR) is 52.2 cm³/mol. The van der Waals surface area contributed by atoms with Gasteiger partial charge in [0.05, 0.1) is 12.0 Å². The van der Waals surface area contributed by atoms with Gasteiger partial charge in [-0.25, -0.2) is 0 Å². The van der Waals surface area contributed by atoms with Gasteiger partial charge in [0.2, 0.25) is 0 Å². The Hall–Kier alpha value is -1.15. The zero-order valence-corrected chi connectivity index (χ0v) is 7.25. The Kier molecular flexibility index (Phi) is 2.19. The second kappa shape index (κ2) is 3.50. The summed E-state index contributed by atoms with van der Waals surface area (Å²) in [5, 5.41) is 1.91. The van der Waals surface area contributed by atoms with E-state index in [0.29, 0.717) is 0 Å². The zero-order valence-electron chi connectivity index (χ0n) is 6.44. The molecule has 0 amide bonds. The van der Waals surface area contributed by atoms with Gasteiger partial charge in [-0.3, -0.25) is 0 Å². The minimum atomic E-state index is 0.920. The summed E-state index contributed by atoms with van der Waals surface area (Å²) in [6.45, 7) is 0. The van der Waals surface area contributed by atoms with E-state index in [1.165, 1.54) is 12.0 Å². The maximum atomic E-state index is 5.35. The fourth-order valence-electron chi connectivity index (χ4n) is 1.01. The molecule has 1 aliphatic rings. The molecule has 0 N–H and O–H groups in total. The van der Waals surface area contributed by atoms with Gasteiger partial charge in [-0.05, 0) is 12.2 Å². The highest BCUT2D eigenvalue weighted by Crippen LogP contribution is 2.25. The molecule has 2 rings (SSSR count). The molecule has 0 fully saturated rings. The van der Waals surface area contributed by atoms with Crippen LogP contribution < -0.4 is 0 Å². The molecule has 1 heterocycles. The van der Waals surface area contributed by atoms with Gasteiger partial charge >= 0.3 is 0 Å². The number of allylic oxidation sites excluding steroid dienone is 2. The number of hydrogen-bond acceptors (Lipinski definition) is 2. The van der Waals surface area contributed by atoms with Gasteiger partial charge in [0.15, 0.2) is 0 Å². The van der Waals surface area contributed by atoms with E-state index in [1.807, 2.05) is 47.9 Å². The molecule has 1 nitrogen and oxygen atoms in total. The summed E-state index contributed by atoms with van der Waals surface area (Å²) < 4.78 is 5.35. The second-order valence-electron chi connectivity index (χ2n) is 2.41. The van der Waals surface area contributed by atoms with Crippen LogP contribution in [0, 0.1) is 0 Å². The number of benzene rings is 1. The van der Waals surface area contributed by atoms with Crippen LogP contribution >= 0.6 is 12.0 Å². The summed E-state index contributed by atoms with van der Waals surface area (Å²) in [7, 11) is 0. The third kappa shape index (κ3) is 1.53. The Morgan fingerprint density at radius 3 is 2.58 bits per heavy atom. The molecule has 0 radical (unpaired) electrons. The van der Waals surface area contributed by atoms with E-state index < -0.39 is 0 Å². The minimum absolute atomic E-state index is 0.920.